The maximum Gasteiger partial charge on any atom is 0.410 e. The van der Waals surface area contributed by atoms with E-state index in [1.807, 2.05) is 58.0 Å². The Labute approximate surface area is 161 Å². The molecule has 1 aliphatic carbocycles. The first-order valence-electron chi connectivity index (χ1n) is 9.73. The number of nitrogens with one attached hydrogen (secondary N) is 1. The summed E-state index contributed by atoms with van der Waals surface area (Å²) in [4.78, 5) is 26.0. The van der Waals surface area contributed by atoms with Gasteiger partial charge >= 0.3 is 12.1 Å². The van der Waals surface area contributed by atoms with Crippen LogP contribution in [0.2, 0.25) is 0 Å². The van der Waals surface area contributed by atoms with E-state index >= 15 is 0 Å². The number of likely N-dealkylation sites (tertiary alicyclic amines) is 1. The van der Waals surface area contributed by atoms with Gasteiger partial charge in [-0.2, -0.15) is 0 Å². The Morgan fingerprint density at radius 3 is 2.37 bits per heavy atom. The number of ether oxygens (including phenoxy) is 2. The van der Waals surface area contributed by atoms with Gasteiger partial charge in [0, 0.05) is 25.2 Å². The number of fused-ring (bicyclic) bond motifs is 1. The second-order valence-electron chi connectivity index (χ2n) is 8.38. The van der Waals surface area contributed by atoms with Crippen molar-refractivity contribution in [1.29, 1.82) is 0 Å². The second-order valence-corrected chi connectivity index (χ2v) is 8.38. The molecular weight excluding hydrogens is 344 g/mol. The predicted molar refractivity (Wildman–Crippen MR) is 102 cm³/mol. The van der Waals surface area contributed by atoms with Crippen LogP contribution in [-0.4, -0.2) is 48.3 Å². The van der Waals surface area contributed by atoms with Gasteiger partial charge in [-0.25, -0.2) is 4.79 Å². The molecule has 4 atom stereocenters. The minimum Gasteiger partial charge on any atom is -0.466 e. The summed E-state index contributed by atoms with van der Waals surface area (Å²) in [5, 5.41) is 3.63. The van der Waals surface area contributed by atoms with E-state index in [0.29, 0.717) is 44.0 Å². The number of carbonyl (C=O) groups excluding carboxylic acids is 2. The van der Waals surface area contributed by atoms with Crippen molar-refractivity contribution in [3.05, 3.63) is 35.9 Å². The Morgan fingerprint density at radius 1 is 1.19 bits per heavy atom. The summed E-state index contributed by atoms with van der Waals surface area (Å²) in [5.74, 6) is 0.650. The molecule has 1 saturated carbocycles. The minimum atomic E-state index is -0.473. The van der Waals surface area contributed by atoms with Crippen LogP contribution in [-0.2, 0) is 14.3 Å². The second kappa shape index (κ2) is 7.89. The molecule has 1 amide bonds. The zero-order valence-corrected chi connectivity index (χ0v) is 16.6. The van der Waals surface area contributed by atoms with Crippen LogP contribution in [0.25, 0.3) is 0 Å². The first kappa shape index (κ1) is 19.7. The van der Waals surface area contributed by atoms with E-state index in [0.717, 1.165) is 5.56 Å². The molecular formula is C21H30N2O4. The molecule has 2 aliphatic rings. The molecule has 0 bridgehead atoms. The van der Waals surface area contributed by atoms with Gasteiger partial charge in [-0.15, -0.1) is 0 Å². The van der Waals surface area contributed by atoms with E-state index in [1.54, 1.807) is 4.90 Å². The zero-order chi connectivity index (χ0) is 19.6. The van der Waals surface area contributed by atoms with Crippen molar-refractivity contribution < 1.29 is 19.1 Å². The molecule has 1 aromatic rings. The topological polar surface area (TPSA) is 67.9 Å². The van der Waals surface area contributed by atoms with Crippen LogP contribution >= 0.6 is 0 Å². The molecule has 1 aromatic carbocycles. The van der Waals surface area contributed by atoms with Crippen molar-refractivity contribution in [1.82, 2.24) is 10.2 Å². The van der Waals surface area contributed by atoms with E-state index in [4.69, 9.17) is 9.47 Å². The summed E-state index contributed by atoms with van der Waals surface area (Å²) in [6, 6.07) is 10.2. The fourth-order valence-corrected chi connectivity index (χ4v) is 3.83. The zero-order valence-electron chi connectivity index (χ0n) is 16.6. The van der Waals surface area contributed by atoms with Crippen molar-refractivity contribution in [3.8, 4) is 0 Å². The molecule has 0 spiro atoms. The first-order chi connectivity index (χ1) is 12.8. The highest BCUT2D eigenvalue weighted by atomic mass is 16.6. The molecule has 0 aromatic heterocycles. The van der Waals surface area contributed by atoms with E-state index in [2.05, 4.69) is 5.32 Å². The number of piperidine rings is 1. The Kier molecular flexibility index (Phi) is 5.75. The molecule has 1 N–H and O–H groups in total. The van der Waals surface area contributed by atoms with Crippen LogP contribution in [0.1, 0.15) is 45.7 Å². The summed E-state index contributed by atoms with van der Waals surface area (Å²) in [5.41, 5.74) is 0.610. The summed E-state index contributed by atoms with van der Waals surface area (Å²) in [6.45, 7) is 9.26. The molecule has 0 radical (unpaired) electrons. The Balaban J connectivity index is 1.56. The van der Waals surface area contributed by atoms with Gasteiger partial charge in [-0.1, -0.05) is 30.3 Å². The van der Waals surface area contributed by atoms with Gasteiger partial charge in [-0.05, 0) is 45.1 Å². The molecule has 1 saturated heterocycles. The summed E-state index contributed by atoms with van der Waals surface area (Å²) < 4.78 is 10.6. The number of nitrogens with zero attached hydrogens (tertiary/aromatic N) is 1. The van der Waals surface area contributed by atoms with Crippen molar-refractivity contribution >= 4 is 12.1 Å². The van der Waals surface area contributed by atoms with Crippen molar-refractivity contribution in [2.45, 2.75) is 51.8 Å². The number of benzene rings is 1. The molecule has 6 nitrogen and oxygen atoms in total. The van der Waals surface area contributed by atoms with Gasteiger partial charge < -0.3 is 19.7 Å². The lowest BCUT2D eigenvalue weighted by Crippen LogP contribution is -2.40. The largest absolute Gasteiger partial charge is 0.466 e. The molecule has 2 fully saturated rings. The van der Waals surface area contributed by atoms with Gasteiger partial charge in [0.1, 0.15) is 5.60 Å². The van der Waals surface area contributed by atoms with Gasteiger partial charge in [0.2, 0.25) is 0 Å². The van der Waals surface area contributed by atoms with Crippen LogP contribution in [0.5, 0.6) is 0 Å². The smallest absolute Gasteiger partial charge is 0.410 e. The Morgan fingerprint density at radius 2 is 1.81 bits per heavy atom. The highest BCUT2D eigenvalue weighted by Gasteiger charge is 2.57. The standard InChI is InChI=1S/C21H30N2O4/c1-5-26-18(24)11-17(14-9-7-6-8-10-14)22-19-15-12-23(13-16(15)19)20(25)27-21(2,3)4/h6-10,15-17,19,22H,5,11-13H2,1-4H3/t15-,16+,17?,19?. The number of esters is 1. The van der Waals surface area contributed by atoms with E-state index in [1.165, 1.54) is 0 Å². The summed E-state index contributed by atoms with van der Waals surface area (Å²) in [7, 11) is 0. The van der Waals surface area contributed by atoms with E-state index in [9.17, 15) is 9.59 Å². The van der Waals surface area contributed by atoms with Crippen LogP contribution in [0.4, 0.5) is 4.79 Å². The highest BCUT2D eigenvalue weighted by Crippen LogP contribution is 2.47. The fourth-order valence-electron chi connectivity index (χ4n) is 3.83. The van der Waals surface area contributed by atoms with E-state index in [-0.39, 0.29) is 18.1 Å². The SMILES string of the molecule is CCOC(=O)CC(NC1[C@H]2CN(C(=O)OC(C)(C)C)C[C@@H]12)c1ccccc1. The molecule has 1 aliphatic heterocycles. The van der Waals surface area contributed by atoms with Gasteiger partial charge in [0.05, 0.1) is 13.0 Å². The lowest BCUT2D eigenvalue weighted by Gasteiger charge is -2.27. The van der Waals surface area contributed by atoms with Crippen molar-refractivity contribution in [2.75, 3.05) is 19.7 Å². The quantitative estimate of drug-likeness (QED) is 0.775. The summed E-state index contributed by atoms with van der Waals surface area (Å²) in [6.07, 6.45) is 0.0726. The third-order valence-electron chi connectivity index (χ3n) is 5.12. The lowest BCUT2D eigenvalue weighted by molar-refractivity contribution is -0.143. The average Bonchev–Trinajstić information content (AvgIpc) is 3.02. The first-order valence-corrected chi connectivity index (χ1v) is 9.73. The monoisotopic (exact) mass is 374 g/mol. The highest BCUT2D eigenvalue weighted by molar-refractivity contribution is 5.70. The normalized spacial score (nSPS) is 24.9. The Hall–Kier alpha value is -2.08. The molecule has 2 unspecified atom stereocenters. The third-order valence-corrected chi connectivity index (χ3v) is 5.12. The van der Waals surface area contributed by atoms with Crippen molar-refractivity contribution in [3.63, 3.8) is 0 Å². The third kappa shape index (κ3) is 5.01. The van der Waals surface area contributed by atoms with Crippen LogP contribution in [0.15, 0.2) is 30.3 Å². The molecule has 3 rings (SSSR count). The van der Waals surface area contributed by atoms with E-state index < -0.39 is 5.60 Å². The molecule has 148 valence electrons. The molecule has 27 heavy (non-hydrogen) atoms. The molecule has 1 heterocycles. The number of hydrogen-bond donors (Lipinski definition) is 1. The van der Waals surface area contributed by atoms with Crippen molar-refractivity contribution in [2.24, 2.45) is 11.8 Å². The van der Waals surface area contributed by atoms with Crippen LogP contribution in [0.3, 0.4) is 0 Å². The number of carbonyl (C=O) groups is 2. The van der Waals surface area contributed by atoms with Gasteiger partial charge in [0.15, 0.2) is 0 Å². The predicted octanol–water partition coefficient (Wildman–Crippen LogP) is 3.14. The lowest BCUT2D eigenvalue weighted by atomic mass is 10.0. The number of hydrogen-bond acceptors (Lipinski definition) is 5. The van der Waals surface area contributed by atoms with Crippen LogP contribution in [0, 0.1) is 11.8 Å². The Bertz CT molecular complexity index is 659. The van der Waals surface area contributed by atoms with Crippen LogP contribution < -0.4 is 5.32 Å². The number of rotatable bonds is 6. The number of amides is 1. The summed E-state index contributed by atoms with van der Waals surface area (Å²) >= 11 is 0. The van der Waals surface area contributed by atoms with Gasteiger partial charge in [-0.3, -0.25) is 4.79 Å². The van der Waals surface area contributed by atoms with Gasteiger partial charge in [0.25, 0.3) is 0 Å². The fraction of sp³-hybridized carbons (Fsp3) is 0.619. The average molecular weight is 374 g/mol. The maximum absolute atomic E-state index is 12.2. The molecule has 6 heteroatoms. The maximum atomic E-state index is 12.2. The minimum absolute atomic E-state index is 0.0733.